The lowest BCUT2D eigenvalue weighted by Crippen LogP contribution is -2.41. The van der Waals surface area contributed by atoms with E-state index in [0.29, 0.717) is 36.5 Å². The minimum absolute atomic E-state index is 0.00564. The lowest BCUT2D eigenvalue weighted by molar-refractivity contribution is -0.124. The average molecular weight is 490 g/mol. The average Bonchev–Trinajstić information content (AvgIpc) is 2.80. The number of ether oxygens (including phenoxy) is 1. The lowest BCUT2D eigenvalue weighted by Gasteiger charge is -2.28. The number of rotatable bonds is 6. The minimum Gasteiger partial charge on any atom is -0.484 e. The first-order valence-electron chi connectivity index (χ1n) is 10.6. The van der Waals surface area contributed by atoms with Crippen molar-refractivity contribution in [2.75, 3.05) is 11.9 Å². The summed E-state index contributed by atoms with van der Waals surface area (Å²) in [6, 6.07) is 13.0. The van der Waals surface area contributed by atoms with Crippen molar-refractivity contribution in [3.63, 3.8) is 0 Å². The Balaban J connectivity index is 1.22. The van der Waals surface area contributed by atoms with Gasteiger partial charge in [0.25, 0.3) is 5.91 Å². The molecule has 9 heteroatoms. The third kappa shape index (κ3) is 6.12. The lowest BCUT2D eigenvalue weighted by atomic mass is 9.85. The molecular formula is C24H22Cl2FN3O3. The second-order valence-corrected chi connectivity index (χ2v) is 8.85. The summed E-state index contributed by atoms with van der Waals surface area (Å²) in [6.45, 7) is -0.222. The first-order chi connectivity index (χ1) is 15.9. The molecule has 2 amide bonds. The highest BCUT2D eigenvalue weighted by molar-refractivity contribution is 6.31. The standard InChI is InChI=1S/C24H22Cl2FN3O3/c25-16-4-9-21-15(11-16)3-10-22(29-21)30-24(32)14-1-5-17(6-2-14)28-23(31)13-33-18-7-8-19(26)20(27)12-18/h3-4,7-12,14,17H,1-2,5-6,13H2,(H,28,31)(H,29,30,32). The maximum absolute atomic E-state index is 13.4. The van der Waals surface area contributed by atoms with Gasteiger partial charge in [-0.25, -0.2) is 9.37 Å². The van der Waals surface area contributed by atoms with E-state index in [2.05, 4.69) is 15.6 Å². The number of fused-ring (bicyclic) bond motifs is 1. The van der Waals surface area contributed by atoms with Gasteiger partial charge in [-0.3, -0.25) is 9.59 Å². The van der Waals surface area contributed by atoms with Crippen LogP contribution >= 0.6 is 23.2 Å². The number of nitrogens with one attached hydrogen (secondary N) is 2. The van der Waals surface area contributed by atoms with Crippen LogP contribution in [-0.2, 0) is 9.59 Å². The number of carbonyl (C=O) groups excluding carboxylic acids is 2. The van der Waals surface area contributed by atoms with Crippen LogP contribution in [0.1, 0.15) is 25.7 Å². The van der Waals surface area contributed by atoms with Crippen molar-refractivity contribution in [3.8, 4) is 5.75 Å². The largest absolute Gasteiger partial charge is 0.484 e. The normalized spacial score (nSPS) is 18.0. The Bertz CT molecular complexity index is 1180. The fraction of sp³-hybridized carbons (Fsp3) is 0.292. The van der Waals surface area contributed by atoms with Crippen LogP contribution in [0.25, 0.3) is 10.9 Å². The number of halogens is 3. The van der Waals surface area contributed by atoms with E-state index < -0.39 is 5.82 Å². The SMILES string of the molecule is O=C(COc1ccc(Cl)c(F)c1)NC1CCC(C(=O)Nc2ccc3cc(Cl)ccc3n2)CC1. The van der Waals surface area contributed by atoms with Crippen molar-refractivity contribution in [2.24, 2.45) is 5.92 Å². The van der Waals surface area contributed by atoms with E-state index in [0.717, 1.165) is 17.0 Å². The van der Waals surface area contributed by atoms with E-state index in [-0.39, 0.29) is 41.2 Å². The highest BCUT2D eigenvalue weighted by atomic mass is 35.5. The van der Waals surface area contributed by atoms with Gasteiger partial charge >= 0.3 is 0 Å². The van der Waals surface area contributed by atoms with E-state index >= 15 is 0 Å². The number of nitrogens with zero attached hydrogens (tertiary/aromatic N) is 1. The molecule has 3 aromatic rings. The third-order valence-electron chi connectivity index (χ3n) is 5.63. The summed E-state index contributed by atoms with van der Waals surface area (Å²) in [5.74, 6) is -0.380. The summed E-state index contributed by atoms with van der Waals surface area (Å²) in [7, 11) is 0. The molecule has 172 valence electrons. The molecule has 0 saturated heterocycles. The Labute approximate surface area is 200 Å². The predicted octanol–water partition coefficient (Wildman–Crippen LogP) is 5.37. The smallest absolute Gasteiger partial charge is 0.258 e. The molecule has 0 atom stereocenters. The summed E-state index contributed by atoms with van der Waals surface area (Å²) in [6.07, 6.45) is 2.68. The van der Waals surface area contributed by atoms with Crippen molar-refractivity contribution in [3.05, 3.63) is 64.4 Å². The summed E-state index contributed by atoms with van der Waals surface area (Å²) >= 11 is 11.6. The minimum atomic E-state index is -0.602. The summed E-state index contributed by atoms with van der Waals surface area (Å²) in [5, 5.41) is 7.33. The van der Waals surface area contributed by atoms with E-state index in [4.69, 9.17) is 27.9 Å². The number of carbonyl (C=O) groups is 2. The van der Waals surface area contributed by atoms with Crippen LogP contribution in [0, 0.1) is 11.7 Å². The first-order valence-corrected chi connectivity index (χ1v) is 11.4. The molecule has 0 unspecified atom stereocenters. The number of hydrogen-bond donors (Lipinski definition) is 2. The fourth-order valence-corrected chi connectivity index (χ4v) is 4.18. The van der Waals surface area contributed by atoms with Crippen LogP contribution in [0.15, 0.2) is 48.5 Å². The Hall–Kier alpha value is -2.90. The topological polar surface area (TPSA) is 80.3 Å². The molecule has 4 rings (SSSR count). The molecule has 1 heterocycles. The van der Waals surface area contributed by atoms with Gasteiger partial charge in [0.05, 0.1) is 10.5 Å². The molecular weight excluding hydrogens is 468 g/mol. The van der Waals surface area contributed by atoms with E-state index in [1.165, 1.54) is 12.1 Å². The Morgan fingerprint density at radius 1 is 1.03 bits per heavy atom. The number of anilines is 1. The highest BCUT2D eigenvalue weighted by Crippen LogP contribution is 2.26. The van der Waals surface area contributed by atoms with Gasteiger partial charge in [0, 0.05) is 28.4 Å². The van der Waals surface area contributed by atoms with Crippen molar-refractivity contribution in [2.45, 2.75) is 31.7 Å². The van der Waals surface area contributed by atoms with Crippen molar-refractivity contribution in [1.29, 1.82) is 0 Å². The number of benzene rings is 2. The monoisotopic (exact) mass is 489 g/mol. The van der Waals surface area contributed by atoms with Gasteiger partial charge in [-0.1, -0.05) is 23.2 Å². The Morgan fingerprint density at radius 2 is 1.82 bits per heavy atom. The first kappa shape index (κ1) is 23.3. The zero-order chi connectivity index (χ0) is 23.4. The molecule has 1 saturated carbocycles. The van der Waals surface area contributed by atoms with Crippen LogP contribution in [0.3, 0.4) is 0 Å². The van der Waals surface area contributed by atoms with Gasteiger partial charge in [-0.15, -0.1) is 0 Å². The molecule has 0 aliphatic heterocycles. The van der Waals surface area contributed by atoms with Gasteiger partial charge in [-0.2, -0.15) is 0 Å². The quantitative estimate of drug-likeness (QED) is 0.487. The second kappa shape index (κ2) is 10.4. The van der Waals surface area contributed by atoms with Crippen molar-refractivity contribution in [1.82, 2.24) is 10.3 Å². The third-order valence-corrected chi connectivity index (χ3v) is 6.17. The predicted molar refractivity (Wildman–Crippen MR) is 126 cm³/mol. The number of pyridine rings is 1. The van der Waals surface area contributed by atoms with E-state index in [1.54, 1.807) is 12.1 Å². The Morgan fingerprint density at radius 3 is 2.58 bits per heavy atom. The van der Waals surface area contributed by atoms with Gasteiger partial charge < -0.3 is 15.4 Å². The van der Waals surface area contributed by atoms with Crippen LogP contribution < -0.4 is 15.4 Å². The zero-order valence-electron chi connectivity index (χ0n) is 17.6. The molecule has 1 aromatic heterocycles. The van der Waals surface area contributed by atoms with Crippen molar-refractivity contribution >= 4 is 51.7 Å². The molecule has 1 aliphatic carbocycles. The van der Waals surface area contributed by atoms with Gasteiger partial charge in [-0.05, 0) is 68.1 Å². The molecule has 1 fully saturated rings. The number of amides is 2. The molecule has 0 radical (unpaired) electrons. The molecule has 0 bridgehead atoms. The van der Waals surface area contributed by atoms with E-state index in [1.807, 2.05) is 18.2 Å². The van der Waals surface area contributed by atoms with Gasteiger partial charge in [0.2, 0.25) is 5.91 Å². The highest BCUT2D eigenvalue weighted by Gasteiger charge is 2.27. The Kier molecular flexibility index (Phi) is 7.30. The maximum Gasteiger partial charge on any atom is 0.258 e. The van der Waals surface area contributed by atoms with E-state index in [9.17, 15) is 14.0 Å². The zero-order valence-corrected chi connectivity index (χ0v) is 19.1. The van der Waals surface area contributed by atoms with Crippen molar-refractivity contribution < 1.29 is 18.7 Å². The summed E-state index contributed by atoms with van der Waals surface area (Å²) in [5.41, 5.74) is 0.757. The van der Waals surface area contributed by atoms with Crippen LogP contribution in [0.2, 0.25) is 10.0 Å². The number of aromatic nitrogens is 1. The molecule has 2 aromatic carbocycles. The molecule has 0 spiro atoms. The molecule has 1 aliphatic rings. The van der Waals surface area contributed by atoms with Crippen LogP contribution in [-0.4, -0.2) is 29.4 Å². The molecule has 2 N–H and O–H groups in total. The summed E-state index contributed by atoms with van der Waals surface area (Å²) < 4.78 is 18.8. The van der Waals surface area contributed by atoms with Gasteiger partial charge in [0.1, 0.15) is 17.4 Å². The molecule has 6 nitrogen and oxygen atoms in total. The molecule has 33 heavy (non-hydrogen) atoms. The van der Waals surface area contributed by atoms with Crippen LogP contribution in [0.4, 0.5) is 10.2 Å². The summed E-state index contributed by atoms with van der Waals surface area (Å²) in [4.78, 5) is 29.3. The van der Waals surface area contributed by atoms with Crippen LogP contribution in [0.5, 0.6) is 5.75 Å². The second-order valence-electron chi connectivity index (χ2n) is 8.00. The van der Waals surface area contributed by atoms with Gasteiger partial charge in [0.15, 0.2) is 6.61 Å². The maximum atomic E-state index is 13.4. The number of hydrogen-bond acceptors (Lipinski definition) is 4. The fourth-order valence-electron chi connectivity index (χ4n) is 3.88.